The minimum absolute atomic E-state index is 0.0474. The van der Waals surface area contributed by atoms with E-state index in [1.807, 2.05) is 26.0 Å². The molecule has 1 aromatic carbocycles. The highest BCUT2D eigenvalue weighted by atomic mass is 16.5. The molecule has 2 rings (SSSR count). The van der Waals surface area contributed by atoms with Crippen molar-refractivity contribution in [2.75, 3.05) is 11.9 Å². The fourth-order valence-corrected chi connectivity index (χ4v) is 2.47. The molecule has 4 heteroatoms. The molecular weight excluding hydrogens is 242 g/mol. The van der Waals surface area contributed by atoms with Crippen LogP contribution in [0, 0.1) is 12.8 Å². The maximum Gasteiger partial charge on any atom is 0.253 e. The van der Waals surface area contributed by atoms with Gasteiger partial charge >= 0.3 is 0 Å². The van der Waals surface area contributed by atoms with Crippen LogP contribution in [0.15, 0.2) is 18.2 Å². The summed E-state index contributed by atoms with van der Waals surface area (Å²) in [4.78, 5) is 23.8. The number of carbonyl (C=O) groups excluding carboxylic acids is 2. The summed E-state index contributed by atoms with van der Waals surface area (Å²) >= 11 is 0. The Hall–Kier alpha value is -1.68. The largest absolute Gasteiger partial charge is 0.368 e. The first-order valence-electron chi connectivity index (χ1n) is 6.53. The first-order valence-corrected chi connectivity index (χ1v) is 6.53. The molecule has 0 aromatic heterocycles. The average Bonchev–Trinajstić information content (AvgIpc) is 2.75. The highest BCUT2D eigenvalue weighted by molar-refractivity contribution is 6.05. The van der Waals surface area contributed by atoms with E-state index in [1.165, 1.54) is 6.92 Å². The van der Waals surface area contributed by atoms with Gasteiger partial charge in [0, 0.05) is 12.2 Å². The average molecular weight is 261 g/mol. The number of nitrogens with one attached hydrogen (secondary N) is 1. The van der Waals surface area contributed by atoms with Crippen molar-refractivity contribution in [2.24, 2.45) is 5.92 Å². The lowest BCUT2D eigenvalue weighted by atomic mass is 10.0. The maximum atomic E-state index is 12.2. The Morgan fingerprint density at radius 2 is 2.11 bits per heavy atom. The van der Waals surface area contributed by atoms with Crippen LogP contribution in [0.25, 0.3) is 0 Å². The first-order chi connectivity index (χ1) is 9.00. The van der Waals surface area contributed by atoms with Gasteiger partial charge in [-0.15, -0.1) is 0 Å². The SMILES string of the molecule is CC(=O)c1c(C)cccc1NC(=O)[C@H]1OCC[C@H]1C. The molecule has 0 saturated carbocycles. The van der Waals surface area contributed by atoms with Crippen LogP contribution in [0.4, 0.5) is 5.69 Å². The van der Waals surface area contributed by atoms with Gasteiger partial charge in [0.05, 0.1) is 5.69 Å². The zero-order chi connectivity index (χ0) is 14.0. The van der Waals surface area contributed by atoms with Crippen LogP contribution in [-0.2, 0) is 9.53 Å². The van der Waals surface area contributed by atoms with Crippen LogP contribution in [0.5, 0.6) is 0 Å². The summed E-state index contributed by atoms with van der Waals surface area (Å²) in [6, 6.07) is 5.44. The summed E-state index contributed by atoms with van der Waals surface area (Å²) in [6.07, 6.45) is 0.478. The molecule has 0 bridgehead atoms. The third-order valence-corrected chi connectivity index (χ3v) is 3.53. The van der Waals surface area contributed by atoms with Crippen molar-refractivity contribution in [1.82, 2.24) is 0 Å². The van der Waals surface area contributed by atoms with Crippen LogP contribution in [0.3, 0.4) is 0 Å². The number of ketones is 1. The van der Waals surface area contributed by atoms with Crippen LogP contribution in [0.1, 0.15) is 36.2 Å². The highest BCUT2D eigenvalue weighted by Crippen LogP contribution is 2.24. The first kappa shape index (κ1) is 13.7. The molecule has 0 unspecified atom stereocenters. The molecule has 0 radical (unpaired) electrons. The van der Waals surface area contributed by atoms with E-state index < -0.39 is 6.10 Å². The molecule has 1 aliphatic heterocycles. The monoisotopic (exact) mass is 261 g/mol. The molecule has 19 heavy (non-hydrogen) atoms. The van der Waals surface area contributed by atoms with Gasteiger partial charge in [-0.25, -0.2) is 0 Å². The highest BCUT2D eigenvalue weighted by Gasteiger charge is 2.31. The summed E-state index contributed by atoms with van der Waals surface area (Å²) in [5.74, 6) is -0.00234. The normalized spacial score (nSPS) is 22.3. The molecule has 1 aliphatic rings. The number of anilines is 1. The molecule has 0 spiro atoms. The van der Waals surface area contributed by atoms with E-state index in [9.17, 15) is 9.59 Å². The quantitative estimate of drug-likeness (QED) is 0.851. The van der Waals surface area contributed by atoms with Crippen LogP contribution in [0.2, 0.25) is 0 Å². The van der Waals surface area contributed by atoms with E-state index in [4.69, 9.17) is 4.74 Å². The lowest BCUT2D eigenvalue weighted by molar-refractivity contribution is -0.126. The molecule has 102 valence electrons. The van der Waals surface area contributed by atoms with Crippen LogP contribution in [-0.4, -0.2) is 24.4 Å². The number of aryl methyl sites for hydroxylation is 1. The number of amides is 1. The van der Waals surface area contributed by atoms with E-state index in [0.29, 0.717) is 17.9 Å². The summed E-state index contributed by atoms with van der Waals surface area (Å²) in [5.41, 5.74) is 2.01. The molecule has 1 amide bonds. The molecule has 1 N–H and O–H groups in total. The summed E-state index contributed by atoms with van der Waals surface area (Å²) in [6.45, 7) is 5.99. The molecule has 4 nitrogen and oxygen atoms in total. The number of Topliss-reactive ketones (excluding diaryl/α,β-unsaturated/α-hetero) is 1. The Morgan fingerprint density at radius 3 is 2.68 bits per heavy atom. The van der Waals surface area contributed by atoms with Gasteiger partial charge in [0.1, 0.15) is 6.10 Å². The Morgan fingerprint density at radius 1 is 1.37 bits per heavy atom. The Kier molecular flexibility index (Phi) is 4.00. The third kappa shape index (κ3) is 2.84. The van der Waals surface area contributed by atoms with E-state index in [-0.39, 0.29) is 17.6 Å². The fraction of sp³-hybridized carbons (Fsp3) is 0.467. The van der Waals surface area contributed by atoms with Gasteiger partial charge < -0.3 is 10.1 Å². The summed E-state index contributed by atoms with van der Waals surface area (Å²) in [7, 11) is 0. The van der Waals surface area contributed by atoms with Gasteiger partial charge in [-0.05, 0) is 37.8 Å². The predicted molar refractivity (Wildman–Crippen MR) is 73.3 cm³/mol. The Labute approximate surface area is 113 Å². The second-order valence-electron chi connectivity index (χ2n) is 5.10. The van der Waals surface area contributed by atoms with Gasteiger partial charge in [-0.1, -0.05) is 19.1 Å². The summed E-state index contributed by atoms with van der Waals surface area (Å²) < 4.78 is 5.43. The molecule has 1 heterocycles. The maximum absolute atomic E-state index is 12.2. The lowest BCUT2D eigenvalue weighted by Crippen LogP contribution is -2.31. The Bertz CT molecular complexity index is 510. The van der Waals surface area contributed by atoms with Gasteiger partial charge in [0.25, 0.3) is 5.91 Å². The number of carbonyl (C=O) groups is 2. The fourth-order valence-electron chi connectivity index (χ4n) is 2.47. The predicted octanol–water partition coefficient (Wildman–Crippen LogP) is 2.56. The second kappa shape index (κ2) is 5.53. The van der Waals surface area contributed by atoms with E-state index >= 15 is 0 Å². The molecule has 0 aliphatic carbocycles. The zero-order valence-corrected chi connectivity index (χ0v) is 11.5. The minimum atomic E-state index is -0.416. The van der Waals surface area contributed by atoms with Crippen molar-refractivity contribution in [3.63, 3.8) is 0 Å². The molecule has 2 atom stereocenters. The van der Waals surface area contributed by atoms with E-state index in [1.54, 1.807) is 6.07 Å². The van der Waals surface area contributed by atoms with Gasteiger partial charge in [0.2, 0.25) is 0 Å². The standard InChI is InChI=1S/C15H19NO3/c1-9-5-4-6-12(13(9)11(3)17)16-15(18)14-10(2)7-8-19-14/h4-6,10,14H,7-8H2,1-3H3,(H,16,18)/t10-,14+/m1/s1. The van der Waals surface area contributed by atoms with Crippen molar-refractivity contribution in [2.45, 2.75) is 33.3 Å². The van der Waals surface area contributed by atoms with Crippen LogP contribution < -0.4 is 5.32 Å². The van der Waals surface area contributed by atoms with Crippen molar-refractivity contribution in [3.05, 3.63) is 29.3 Å². The minimum Gasteiger partial charge on any atom is -0.368 e. The topological polar surface area (TPSA) is 55.4 Å². The smallest absolute Gasteiger partial charge is 0.253 e. The molecule has 1 saturated heterocycles. The third-order valence-electron chi connectivity index (χ3n) is 3.53. The van der Waals surface area contributed by atoms with Gasteiger partial charge in [-0.2, -0.15) is 0 Å². The number of ether oxygens (including phenoxy) is 1. The van der Waals surface area contributed by atoms with Crippen LogP contribution >= 0.6 is 0 Å². The van der Waals surface area contributed by atoms with Gasteiger partial charge in [0.15, 0.2) is 5.78 Å². The number of benzene rings is 1. The van der Waals surface area contributed by atoms with E-state index in [0.717, 1.165) is 12.0 Å². The number of hydrogen-bond acceptors (Lipinski definition) is 3. The molecule has 1 aromatic rings. The molecule has 1 fully saturated rings. The lowest BCUT2D eigenvalue weighted by Gasteiger charge is -2.16. The zero-order valence-electron chi connectivity index (χ0n) is 11.5. The number of rotatable bonds is 3. The van der Waals surface area contributed by atoms with Crippen molar-refractivity contribution in [3.8, 4) is 0 Å². The van der Waals surface area contributed by atoms with E-state index in [2.05, 4.69) is 5.32 Å². The van der Waals surface area contributed by atoms with Crippen molar-refractivity contribution in [1.29, 1.82) is 0 Å². The summed E-state index contributed by atoms with van der Waals surface area (Å²) in [5, 5.41) is 2.82. The van der Waals surface area contributed by atoms with Crippen molar-refractivity contribution >= 4 is 17.4 Å². The molecular formula is C15H19NO3. The second-order valence-corrected chi connectivity index (χ2v) is 5.10. The van der Waals surface area contributed by atoms with Crippen molar-refractivity contribution < 1.29 is 14.3 Å². The number of hydrogen-bond donors (Lipinski definition) is 1. The van der Waals surface area contributed by atoms with Gasteiger partial charge in [-0.3, -0.25) is 9.59 Å². The Balaban J connectivity index is 2.21.